The second kappa shape index (κ2) is 12.6. The largest absolute Gasteiger partial charge is 0.491 e. The van der Waals surface area contributed by atoms with E-state index in [2.05, 4.69) is 10.2 Å². The number of halogens is 3. The number of nitrogens with zero attached hydrogens (tertiary/aromatic N) is 2. The summed E-state index contributed by atoms with van der Waals surface area (Å²) in [6.45, 7) is 3.34. The van der Waals surface area contributed by atoms with Crippen LogP contribution in [0.25, 0.3) is 0 Å². The summed E-state index contributed by atoms with van der Waals surface area (Å²) < 4.78 is 89.6. The van der Waals surface area contributed by atoms with Crippen LogP contribution in [-0.4, -0.2) is 67.4 Å². The number of ether oxygens (including phenoxy) is 4. The summed E-state index contributed by atoms with van der Waals surface area (Å²) in [5.74, 6) is 0.265. The highest BCUT2D eigenvalue weighted by Gasteiger charge is 2.65. The minimum Gasteiger partial charge on any atom is -0.491 e. The Morgan fingerprint density at radius 1 is 0.806 bits per heavy atom. The van der Waals surface area contributed by atoms with Crippen LogP contribution in [0, 0.1) is 6.92 Å². The first-order valence-electron chi connectivity index (χ1n) is 11.1. The molecule has 0 atom stereocenters. The van der Waals surface area contributed by atoms with E-state index in [1.807, 2.05) is 6.92 Å². The summed E-state index contributed by atoms with van der Waals surface area (Å²) in [6.07, 6.45) is -4.59. The molecule has 0 fully saturated rings. The topological polar surface area (TPSA) is 105 Å². The molecule has 0 unspecified atom stereocenters. The fourth-order valence-electron chi connectivity index (χ4n) is 2.98. The zero-order valence-corrected chi connectivity index (χ0v) is 20.4. The Bertz CT molecular complexity index is 1100. The number of hydrogen-bond donors (Lipinski definition) is 0. The van der Waals surface area contributed by atoms with Crippen LogP contribution in [0.2, 0.25) is 0 Å². The fraction of sp³-hybridized carbons (Fsp3) is 0.478. The number of alkyl halides is 3. The van der Waals surface area contributed by atoms with Crippen molar-refractivity contribution < 1.29 is 44.7 Å². The van der Waals surface area contributed by atoms with E-state index in [9.17, 15) is 21.6 Å². The SMILES string of the molecule is Cc1ccc(S(=O)(=O)OCCOCCOCCOCCOc2cccc(C3(C(F)(F)F)N=N3)c2)cc1. The van der Waals surface area contributed by atoms with Crippen molar-refractivity contribution in [2.24, 2.45) is 10.2 Å². The molecule has 0 saturated carbocycles. The number of rotatable bonds is 16. The van der Waals surface area contributed by atoms with Gasteiger partial charge in [-0.2, -0.15) is 21.6 Å². The zero-order chi connectivity index (χ0) is 26.1. The zero-order valence-electron chi connectivity index (χ0n) is 19.6. The molecule has 0 bridgehead atoms. The Kier molecular flexibility index (Phi) is 9.79. The van der Waals surface area contributed by atoms with Crippen LogP contribution in [0.3, 0.4) is 0 Å². The maximum atomic E-state index is 13.1. The molecule has 0 aromatic heterocycles. The third-order valence-corrected chi connectivity index (χ3v) is 6.27. The molecule has 2 aromatic rings. The van der Waals surface area contributed by atoms with Gasteiger partial charge in [0.25, 0.3) is 10.1 Å². The predicted octanol–water partition coefficient (Wildman–Crippen LogP) is 4.01. The third-order valence-electron chi connectivity index (χ3n) is 4.95. The maximum Gasteiger partial charge on any atom is 0.442 e. The summed E-state index contributed by atoms with van der Waals surface area (Å²) in [5.41, 5.74) is -1.62. The second-order valence-electron chi connectivity index (χ2n) is 7.67. The smallest absolute Gasteiger partial charge is 0.442 e. The Labute approximate surface area is 207 Å². The van der Waals surface area contributed by atoms with Crippen molar-refractivity contribution in [1.29, 1.82) is 0 Å². The molecule has 1 aliphatic heterocycles. The molecule has 198 valence electrons. The van der Waals surface area contributed by atoms with Gasteiger partial charge in [-0.3, -0.25) is 4.18 Å². The molecular formula is C23H27F3N2O7S. The third kappa shape index (κ3) is 7.96. The molecule has 1 aliphatic rings. The lowest BCUT2D eigenvalue weighted by molar-refractivity contribution is -0.166. The number of hydrogen-bond acceptors (Lipinski definition) is 9. The summed E-state index contributed by atoms with van der Waals surface area (Å²) in [4.78, 5) is 0.0929. The second-order valence-corrected chi connectivity index (χ2v) is 9.29. The molecular weight excluding hydrogens is 505 g/mol. The predicted molar refractivity (Wildman–Crippen MR) is 121 cm³/mol. The molecule has 2 aromatic carbocycles. The summed E-state index contributed by atoms with van der Waals surface area (Å²) in [7, 11) is -3.81. The Balaban J connectivity index is 1.17. The van der Waals surface area contributed by atoms with Crippen LogP contribution < -0.4 is 4.74 Å². The molecule has 36 heavy (non-hydrogen) atoms. The first-order valence-corrected chi connectivity index (χ1v) is 12.5. The van der Waals surface area contributed by atoms with Gasteiger partial charge < -0.3 is 18.9 Å². The van der Waals surface area contributed by atoms with Gasteiger partial charge in [0.1, 0.15) is 12.4 Å². The molecule has 0 saturated heterocycles. The van der Waals surface area contributed by atoms with E-state index < -0.39 is 22.0 Å². The quantitative estimate of drug-likeness (QED) is 0.238. The van der Waals surface area contributed by atoms with Crippen molar-refractivity contribution in [1.82, 2.24) is 0 Å². The minimum absolute atomic E-state index is 0.0929. The van der Waals surface area contributed by atoms with Crippen LogP contribution in [-0.2, 0) is 34.2 Å². The molecule has 0 N–H and O–H groups in total. The fourth-order valence-corrected chi connectivity index (χ4v) is 3.87. The van der Waals surface area contributed by atoms with Gasteiger partial charge >= 0.3 is 11.8 Å². The van der Waals surface area contributed by atoms with E-state index in [0.29, 0.717) is 6.61 Å². The van der Waals surface area contributed by atoms with Crippen molar-refractivity contribution in [3.63, 3.8) is 0 Å². The standard InChI is InChI=1S/C23H27F3N2O7S/c1-18-5-7-21(8-6-18)36(29,30)35-16-14-33-12-10-31-9-11-32-13-15-34-20-4-2-3-19(17-20)22(27-28-22)23(24,25)26/h2-8,17H,9-16H2,1H3. The lowest BCUT2D eigenvalue weighted by atomic mass is 10.0. The average Bonchev–Trinajstić information content (AvgIpc) is 3.65. The van der Waals surface area contributed by atoms with Crippen LogP contribution in [0.1, 0.15) is 11.1 Å². The van der Waals surface area contributed by atoms with Gasteiger partial charge in [0, 0.05) is 5.56 Å². The van der Waals surface area contributed by atoms with Gasteiger partial charge in [0.05, 0.1) is 51.1 Å². The van der Waals surface area contributed by atoms with E-state index in [4.69, 9.17) is 23.1 Å². The minimum atomic E-state index is -4.59. The van der Waals surface area contributed by atoms with E-state index in [-0.39, 0.29) is 62.5 Å². The average molecular weight is 533 g/mol. The van der Waals surface area contributed by atoms with Gasteiger partial charge in [0.2, 0.25) is 0 Å². The maximum absolute atomic E-state index is 13.1. The van der Waals surface area contributed by atoms with Gasteiger partial charge in [-0.15, -0.1) is 10.2 Å². The van der Waals surface area contributed by atoms with E-state index in [1.54, 1.807) is 18.2 Å². The van der Waals surface area contributed by atoms with Crippen molar-refractivity contribution >= 4 is 10.1 Å². The van der Waals surface area contributed by atoms with E-state index in [1.165, 1.54) is 30.3 Å². The highest BCUT2D eigenvalue weighted by molar-refractivity contribution is 7.86. The lowest BCUT2D eigenvalue weighted by Gasteiger charge is -2.15. The first-order chi connectivity index (χ1) is 17.1. The van der Waals surface area contributed by atoms with E-state index in [0.717, 1.165) is 5.56 Å². The summed E-state index contributed by atoms with van der Waals surface area (Å²) in [5, 5.41) is 6.34. The molecule has 0 amide bonds. The van der Waals surface area contributed by atoms with Crippen LogP contribution in [0.4, 0.5) is 13.2 Å². The molecule has 0 radical (unpaired) electrons. The highest BCUT2D eigenvalue weighted by Crippen LogP contribution is 2.52. The van der Waals surface area contributed by atoms with Crippen molar-refractivity contribution in [3.05, 3.63) is 59.7 Å². The number of aryl methyl sites for hydroxylation is 1. The van der Waals surface area contributed by atoms with E-state index >= 15 is 0 Å². The van der Waals surface area contributed by atoms with Crippen LogP contribution in [0.15, 0.2) is 63.7 Å². The monoisotopic (exact) mass is 532 g/mol. The molecule has 9 nitrogen and oxygen atoms in total. The van der Waals surface area contributed by atoms with Crippen molar-refractivity contribution in [2.75, 3.05) is 52.9 Å². The summed E-state index contributed by atoms with van der Waals surface area (Å²) >= 11 is 0. The molecule has 13 heteroatoms. The normalized spacial score (nSPS) is 14.7. The van der Waals surface area contributed by atoms with Gasteiger partial charge in [0.15, 0.2) is 0 Å². The molecule has 0 spiro atoms. The Hall–Kier alpha value is -2.58. The van der Waals surface area contributed by atoms with Crippen molar-refractivity contribution in [3.8, 4) is 5.75 Å². The van der Waals surface area contributed by atoms with Crippen LogP contribution >= 0.6 is 0 Å². The van der Waals surface area contributed by atoms with Gasteiger partial charge in [-0.05, 0) is 31.2 Å². The Morgan fingerprint density at radius 3 is 1.92 bits per heavy atom. The molecule has 1 heterocycles. The first kappa shape index (κ1) is 28.0. The molecule has 3 rings (SSSR count). The van der Waals surface area contributed by atoms with Gasteiger partial charge in [-0.1, -0.05) is 29.8 Å². The lowest BCUT2D eigenvalue weighted by Crippen LogP contribution is -2.30. The Morgan fingerprint density at radius 2 is 1.36 bits per heavy atom. The van der Waals surface area contributed by atoms with Crippen LogP contribution in [0.5, 0.6) is 5.75 Å². The number of benzene rings is 2. The highest BCUT2D eigenvalue weighted by atomic mass is 32.2. The summed E-state index contributed by atoms with van der Waals surface area (Å²) in [6, 6.07) is 11.9. The molecule has 0 aliphatic carbocycles. The van der Waals surface area contributed by atoms with Gasteiger partial charge in [-0.25, -0.2) is 0 Å². The van der Waals surface area contributed by atoms with Crippen molar-refractivity contribution in [2.45, 2.75) is 23.7 Å².